The Morgan fingerprint density at radius 1 is 1.42 bits per heavy atom. The first-order chi connectivity index (χ1) is 12.4. The monoisotopic (exact) mass is 359 g/mol. The predicted octanol–water partition coefficient (Wildman–Crippen LogP) is 0.912. The minimum atomic E-state index is -0.379. The van der Waals surface area contributed by atoms with Crippen LogP contribution >= 0.6 is 0 Å². The van der Waals surface area contributed by atoms with Crippen LogP contribution in [0.25, 0.3) is 0 Å². The highest BCUT2D eigenvalue weighted by Gasteiger charge is 2.26. The van der Waals surface area contributed by atoms with E-state index in [-0.39, 0.29) is 30.4 Å². The van der Waals surface area contributed by atoms with Gasteiger partial charge in [-0.3, -0.25) is 4.79 Å². The van der Waals surface area contributed by atoms with Crippen molar-refractivity contribution in [2.75, 3.05) is 23.7 Å². The summed E-state index contributed by atoms with van der Waals surface area (Å²) in [6.07, 6.45) is 5.47. The number of nitrogen functional groups attached to an aromatic ring is 1. The predicted molar refractivity (Wildman–Crippen MR) is 97.8 cm³/mol. The van der Waals surface area contributed by atoms with E-state index < -0.39 is 0 Å². The maximum absolute atomic E-state index is 11.3. The third kappa shape index (κ3) is 4.22. The Kier molecular flexibility index (Phi) is 5.24. The molecule has 1 amide bonds. The number of imidazole rings is 1. The number of piperidine rings is 1. The van der Waals surface area contributed by atoms with Gasteiger partial charge in [0.2, 0.25) is 17.7 Å². The van der Waals surface area contributed by atoms with Crippen molar-refractivity contribution in [3.05, 3.63) is 24.3 Å². The molecule has 3 heterocycles. The minimum absolute atomic E-state index is 0.00697. The second kappa shape index (κ2) is 7.59. The smallest absolute Gasteiger partial charge is 0.237 e. The van der Waals surface area contributed by atoms with Gasteiger partial charge in [-0.1, -0.05) is 0 Å². The largest absolute Gasteiger partial charge is 0.475 e. The Morgan fingerprint density at radius 2 is 2.23 bits per heavy atom. The normalized spacial score (nSPS) is 17.5. The summed E-state index contributed by atoms with van der Waals surface area (Å²) in [5.41, 5.74) is 11.2. The van der Waals surface area contributed by atoms with E-state index in [0.29, 0.717) is 5.88 Å². The molecule has 0 spiro atoms. The first kappa shape index (κ1) is 18.0. The van der Waals surface area contributed by atoms with Crippen molar-refractivity contribution in [1.82, 2.24) is 19.5 Å². The Balaban J connectivity index is 1.80. The summed E-state index contributed by atoms with van der Waals surface area (Å²) in [4.78, 5) is 26.4. The number of hydrogen-bond acceptors (Lipinski definition) is 7. The van der Waals surface area contributed by atoms with Gasteiger partial charge in [-0.15, -0.1) is 0 Å². The van der Waals surface area contributed by atoms with Crippen LogP contribution in [-0.4, -0.2) is 44.6 Å². The lowest BCUT2D eigenvalue weighted by molar-refractivity contribution is -0.118. The molecule has 1 aliphatic rings. The van der Waals surface area contributed by atoms with Crippen LogP contribution in [0.2, 0.25) is 0 Å². The lowest BCUT2D eigenvalue weighted by Gasteiger charge is -2.33. The molecule has 1 fully saturated rings. The number of amides is 1. The Morgan fingerprint density at radius 3 is 2.96 bits per heavy atom. The molecule has 2 aromatic rings. The summed E-state index contributed by atoms with van der Waals surface area (Å²) in [7, 11) is 0. The van der Waals surface area contributed by atoms with E-state index in [1.807, 2.05) is 24.5 Å². The van der Waals surface area contributed by atoms with Crippen molar-refractivity contribution in [1.29, 1.82) is 0 Å². The van der Waals surface area contributed by atoms with Crippen LogP contribution in [0.3, 0.4) is 0 Å². The number of anilines is 2. The molecule has 140 valence electrons. The van der Waals surface area contributed by atoms with E-state index in [4.69, 9.17) is 16.2 Å². The molecular weight excluding hydrogens is 334 g/mol. The molecule has 2 aromatic heterocycles. The average molecular weight is 359 g/mol. The summed E-state index contributed by atoms with van der Waals surface area (Å²) in [5, 5.41) is 0. The van der Waals surface area contributed by atoms with Crippen molar-refractivity contribution < 1.29 is 9.53 Å². The lowest BCUT2D eigenvalue weighted by atomic mass is 9.97. The zero-order chi connectivity index (χ0) is 18.7. The van der Waals surface area contributed by atoms with E-state index >= 15 is 0 Å². The van der Waals surface area contributed by atoms with Crippen molar-refractivity contribution in [2.24, 2.45) is 5.73 Å². The van der Waals surface area contributed by atoms with Gasteiger partial charge in [0.1, 0.15) is 18.2 Å². The fourth-order valence-electron chi connectivity index (χ4n) is 3.27. The van der Waals surface area contributed by atoms with Gasteiger partial charge in [0.15, 0.2) is 0 Å². The molecule has 4 N–H and O–H groups in total. The fraction of sp³-hybridized carbons (Fsp3) is 0.529. The van der Waals surface area contributed by atoms with Gasteiger partial charge in [-0.2, -0.15) is 9.97 Å². The first-order valence-corrected chi connectivity index (χ1v) is 8.78. The summed E-state index contributed by atoms with van der Waals surface area (Å²) < 4.78 is 7.48. The van der Waals surface area contributed by atoms with Crippen LogP contribution in [0, 0.1) is 0 Å². The fourth-order valence-corrected chi connectivity index (χ4v) is 3.27. The molecule has 0 saturated carbocycles. The highest BCUT2D eigenvalue weighted by molar-refractivity contribution is 5.73. The van der Waals surface area contributed by atoms with Crippen LogP contribution in [0.15, 0.2) is 18.5 Å². The summed E-state index contributed by atoms with van der Waals surface area (Å²) in [6, 6.07) is 1.81. The number of carbonyl (C=O) groups is 1. The summed E-state index contributed by atoms with van der Waals surface area (Å²) in [6.45, 7) is 5.61. The summed E-state index contributed by atoms with van der Waals surface area (Å²) in [5.74, 6) is 2.08. The molecular formula is C17H25N7O2. The second-order valence-corrected chi connectivity index (χ2v) is 6.75. The quantitative estimate of drug-likeness (QED) is 0.785. The Hall–Kier alpha value is -2.84. The van der Waals surface area contributed by atoms with Gasteiger partial charge in [0.05, 0.1) is 6.10 Å². The van der Waals surface area contributed by atoms with Gasteiger partial charge in [-0.25, -0.2) is 4.98 Å². The third-order valence-electron chi connectivity index (χ3n) is 4.25. The third-order valence-corrected chi connectivity index (χ3v) is 4.25. The molecule has 1 saturated heterocycles. The SMILES string of the molecule is CC(C)Oc1cc(N2CCC[C@@H](c3nccn3CC(N)=O)C2)nc(N)n1. The number of hydrogen-bond donors (Lipinski definition) is 2. The topological polar surface area (TPSA) is 125 Å². The van der Waals surface area contributed by atoms with Crippen LogP contribution in [0.5, 0.6) is 5.88 Å². The van der Waals surface area contributed by atoms with E-state index in [0.717, 1.165) is 37.6 Å². The molecule has 3 rings (SSSR count). The minimum Gasteiger partial charge on any atom is -0.475 e. The number of rotatable bonds is 6. The van der Waals surface area contributed by atoms with Gasteiger partial charge in [0, 0.05) is 37.5 Å². The highest BCUT2D eigenvalue weighted by atomic mass is 16.5. The first-order valence-electron chi connectivity index (χ1n) is 8.78. The number of primary amides is 1. The average Bonchev–Trinajstić information content (AvgIpc) is 3.01. The number of carbonyl (C=O) groups excluding carboxylic acids is 1. The van der Waals surface area contributed by atoms with Crippen LogP contribution in [-0.2, 0) is 11.3 Å². The standard InChI is InChI=1S/C17H25N7O2/c1-11(2)26-15-8-14(21-17(19)22-15)23-6-3-4-12(9-23)16-20-5-7-24(16)10-13(18)25/h5,7-8,11-12H,3-4,6,9-10H2,1-2H3,(H2,18,25)(H2,19,21,22)/t12-/m1/s1. The molecule has 1 atom stereocenters. The van der Waals surface area contributed by atoms with Crippen molar-refractivity contribution in [2.45, 2.75) is 45.3 Å². The number of aromatic nitrogens is 4. The highest BCUT2D eigenvalue weighted by Crippen LogP contribution is 2.30. The molecule has 9 heteroatoms. The van der Waals surface area contributed by atoms with E-state index in [2.05, 4.69) is 19.9 Å². The van der Waals surface area contributed by atoms with Gasteiger partial charge in [-0.05, 0) is 26.7 Å². The van der Waals surface area contributed by atoms with Crippen LogP contribution in [0.4, 0.5) is 11.8 Å². The number of ether oxygens (including phenoxy) is 1. The van der Waals surface area contributed by atoms with E-state index in [9.17, 15) is 4.79 Å². The van der Waals surface area contributed by atoms with Gasteiger partial charge >= 0.3 is 0 Å². The zero-order valence-corrected chi connectivity index (χ0v) is 15.1. The van der Waals surface area contributed by atoms with E-state index in [1.165, 1.54) is 0 Å². The Labute approximate surface area is 152 Å². The maximum atomic E-state index is 11.3. The van der Waals surface area contributed by atoms with Crippen molar-refractivity contribution >= 4 is 17.7 Å². The second-order valence-electron chi connectivity index (χ2n) is 6.75. The zero-order valence-electron chi connectivity index (χ0n) is 15.1. The molecule has 0 unspecified atom stereocenters. The number of nitrogens with zero attached hydrogens (tertiary/aromatic N) is 5. The number of nitrogens with two attached hydrogens (primary N) is 2. The van der Waals surface area contributed by atoms with Gasteiger partial charge in [0.25, 0.3) is 0 Å². The maximum Gasteiger partial charge on any atom is 0.237 e. The molecule has 26 heavy (non-hydrogen) atoms. The van der Waals surface area contributed by atoms with E-state index in [1.54, 1.807) is 12.4 Å². The molecule has 0 aliphatic carbocycles. The molecule has 0 bridgehead atoms. The van der Waals surface area contributed by atoms with Crippen molar-refractivity contribution in [3.8, 4) is 5.88 Å². The molecule has 0 aromatic carbocycles. The lowest BCUT2D eigenvalue weighted by Crippen LogP contribution is -2.36. The van der Waals surface area contributed by atoms with Gasteiger partial charge < -0.3 is 25.7 Å². The molecule has 0 radical (unpaired) electrons. The summed E-state index contributed by atoms with van der Waals surface area (Å²) >= 11 is 0. The molecule has 9 nitrogen and oxygen atoms in total. The molecule has 1 aliphatic heterocycles. The Bertz CT molecular complexity index is 774. The van der Waals surface area contributed by atoms with Crippen LogP contribution in [0.1, 0.15) is 38.4 Å². The van der Waals surface area contributed by atoms with Crippen molar-refractivity contribution in [3.63, 3.8) is 0 Å². The van der Waals surface area contributed by atoms with Crippen LogP contribution < -0.4 is 21.1 Å².